The van der Waals surface area contributed by atoms with Crippen molar-refractivity contribution < 1.29 is 87.4 Å². The number of anilines is 3. The Kier molecular flexibility index (Phi) is 25.5. The van der Waals surface area contributed by atoms with Crippen LogP contribution in [0.4, 0.5) is 36.2 Å². The molecule has 0 bridgehead atoms. The molecule has 3 aliphatic rings. The van der Waals surface area contributed by atoms with Crippen molar-refractivity contribution in [3.05, 3.63) is 213 Å². The van der Waals surface area contributed by atoms with Crippen molar-refractivity contribution in [2.24, 2.45) is 5.92 Å². The quantitative estimate of drug-likeness (QED) is 0.0112. The fourth-order valence-corrected chi connectivity index (χ4v) is 16.1. The molecule has 2 unspecified atom stereocenters. The van der Waals surface area contributed by atoms with Crippen LogP contribution in [0.15, 0.2) is 179 Å². The van der Waals surface area contributed by atoms with E-state index in [9.17, 15) is 82.9 Å². The van der Waals surface area contributed by atoms with Crippen LogP contribution in [0.3, 0.4) is 0 Å². The van der Waals surface area contributed by atoms with Crippen molar-refractivity contribution in [2.75, 3.05) is 28.6 Å². The minimum atomic E-state index is -5.38. The van der Waals surface area contributed by atoms with Gasteiger partial charge >= 0.3 is 24.0 Å². The van der Waals surface area contributed by atoms with E-state index in [1.807, 2.05) is 48.5 Å². The van der Waals surface area contributed by atoms with Gasteiger partial charge in [0.25, 0.3) is 31.7 Å². The number of carbonyl (C=O) groups is 6. The molecule has 8 aromatic rings. The minimum absolute atomic E-state index is 0.0112. The average molecular weight is 1600 g/mol. The van der Waals surface area contributed by atoms with E-state index < -0.39 is 121 Å². The van der Waals surface area contributed by atoms with Gasteiger partial charge in [-0.05, 0) is 184 Å². The first-order valence-electron chi connectivity index (χ1n) is 37.7. The number of amides is 2. The van der Waals surface area contributed by atoms with Gasteiger partial charge in [-0.15, -0.1) is 0 Å². The maximum atomic E-state index is 13.9. The Bertz CT molecular complexity index is 5560. The summed E-state index contributed by atoms with van der Waals surface area (Å²) < 4.78 is 121. The lowest BCUT2D eigenvalue weighted by atomic mass is 9.78. The topological polar surface area (TPSA) is 380 Å². The van der Waals surface area contributed by atoms with Crippen molar-refractivity contribution >= 4 is 117 Å². The standard InChI is InChI=1S/C84H90F3N9O16S2/c1-50(113(106,107)108)43-45-94-67-39-28-53-15-10-12-21-64(53)71(67)82(3,4)69(94)41-30-55-18-14-19-56(31-42-70-83(5,6)72-65-22-13-11-16-54(65)29-40-68(72)95(70)46-44-51(2)114(109,110)111)74(55)112-63-36-24-52(25-37-63)23-34-61(97)20-9-7-8-17-58(78(101)102)47-62(98)35-38-66(79(103)104)91-76(99)57-26-32-60(33-27-57)96(80(105)84(85,86)87)49-59-48-89-75-73(90-59)77(100)93-81(88)92-75/h10-13,15-16,21-22,24-33,36-37,39-42,48,50-51,58,66H,7-9,14,17-20,23,34-35,38,43-47,49H2,1-6H3,(H7-,88,89,91,92,93,99,100,101,102,103,104,106,107,108,109,110,111)/p+1/t50?,51?,58-,66+/m1/s1. The van der Waals surface area contributed by atoms with Gasteiger partial charge in [0, 0.05) is 84.4 Å². The van der Waals surface area contributed by atoms with Crippen molar-refractivity contribution in [2.45, 2.75) is 178 Å². The number of aromatic amines is 1. The van der Waals surface area contributed by atoms with Gasteiger partial charge in [-0.25, -0.2) is 14.8 Å². The number of ketones is 2. The van der Waals surface area contributed by atoms with E-state index >= 15 is 0 Å². The Morgan fingerprint density at radius 1 is 0.728 bits per heavy atom. The van der Waals surface area contributed by atoms with E-state index in [0.717, 1.165) is 109 Å². The first-order valence-corrected chi connectivity index (χ1v) is 40.7. The summed E-state index contributed by atoms with van der Waals surface area (Å²) in [5.41, 5.74) is 10.7. The number of hydrogen-bond acceptors (Lipinski definition) is 17. The summed E-state index contributed by atoms with van der Waals surface area (Å²) in [6, 6.07) is 34.5. The predicted octanol–water partition coefficient (Wildman–Crippen LogP) is 13.9. The molecular weight excluding hydrogens is 1510 g/mol. The van der Waals surface area contributed by atoms with E-state index in [2.05, 4.69) is 135 Å². The van der Waals surface area contributed by atoms with Gasteiger partial charge < -0.3 is 30.9 Å². The zero-order chi connectivity index (χ0) is 82.4. The highest BCUT2D eigenvalue weighted by molar-refractivity contribution is 7.86. The zero-order valence-electron chi connectivity index (χ0n) is 63.9. The number of fused-ring (bicyclic) bond motifs is 7. The number of unbranched alkanes of at least 4 members (excludes halogenated alkanes) is 2. The number of aryl methyl sites for hydroxylation is 1. The molecule has 2 amide bonds. The first kappa shape index (κ1) is 83.8. The number of nitrogens with one attached hydrogen (secondary N) is 2. The number of alkyl halides is 3. The first-order chi connectivity index (χ1) is 53.9. The van der Waals surface area contributed by atoms with Gasteiger partial charge in [0.1, 0.15) is 29.1 Å². The zero-order valence-corrected chi connectivity index (χ0v) is 65.5. The summed E-state index contributed by atoms with van der Waals surface area (Å²) >= 11 is 0. The summed E-state index contributed by atoms with van der Waals surface area (Å²) in [6.07, 6.45) is 7.21. The third kappa shape index (κ3) is 19.4. The second-order valence-electron chi connectivity index (χ2n) is 30.3. The van der Waals surface area contributed by atoms with Gasteiger partial charge in [-0.2, -0.15) is 39.6 Å². The van der Waals surface area contributed by atoms with Crippen LogP contribution in [0.2, 0.25) is 0 Å². The van der Waals surface area contributed by atoms with Gasteiger partial charge in [0.05, 0.1) is 40.3 Å². The number of nitrogen functional groups attached to an aromatic ring is 1. The molecule has 4 atom stereocenters. The van der Waals surface area contributed by atoms with Gasteiger partial charge in [-0.3, -0.25) is 47.8 Å². The summed E-state index contributed by atoms with van der Waals surface area (Å²) in [6.45, 7) is 11.4. The van der Waals surface area contributed by atoms with Gasteiger partial charge in [-0.1, -0.05) is 99.5 Å². The Morgan fingerprint density at radius 3 is 2.04 bits per heavy atom. The molecule has 114 heavy (non-hydrogen) atoms. The molecule has 0 radical (unpaired) electrons. The number of nitrogens with zero attached hydrogens (tertiary/aromatic N) is 6. The number of nitrogens with two attached hydrogens (primary N) is 1. The molecule has 4 heterocycles. The predicted molar refractivity (Wildman–Crippen MR) is 427 cm³/mol. The molecule has 0 saturated heterocycles. The third-order valence-corrected chi connectivity index (χ3v) is 24.1. The molecule has 30 heteroatoms. The molecule has 600 valence electrons. The molecule has 1 aliphatic carbocycles. The number of carboxylic acid groups (broad SMARTS) is 2. The summed E-state index contributed by atoms with van der Waals surface area (Å²) in [4.78, 5) is 106. The Labute approximate surface area is 657 Å². The lowest BCUT2D eigenvalue weighted by Crippen LogP contribution is -2.41. The monoisotopic (exact) mass is 1600 g/mol. The maximum absolute atomic E-state index is 13.9. The average Bonchev–Trinajstić information content (AvgIpc) is 1.57. The summed E-state index contributed by atoms with van der Waals surface area (Å²) in [7, 11) is -8.66. The number of aliphatic carboxylic acids is 2. The molecule has 6 aromatic carbocycles. The van der Waals surface area contributed by atoms with Crippen LogP contribution in [0.5, 0.6) is 5.75 Å². The number of carboxylic acids is 2. The van der Waals surface area contributed by atoms with E-state index in [-0.39, 0.29) is 76.8 Å². The number of Topliss-reactive ketones (excluding diaryl/α,β-unsaturated/α-hetero) is 2. The summed E-state index contributed by atoms with van der Waals surface area (Å²) in [5, 5.41) is 24.5. The van der Waals surface area contributed by atoms with E-state index in [1.165, 1.54) is 13.8 Å². The number of carbonyl (C=O) groups excluding carboxylic acids is 4. The van der Waals surface area contributed by atoms with Crippen LogP contribution in [-0.4, -0.2) is 138 Å². The Hall–Kier alpha value is -11.1. The number of aromatic nitrogens is 4. The number of halogens is 3. The lowest BCUT2D eigenvalue weighted by molar-refractivity contribution is -0.438. The second-order valence-corrected chi connectivity index (χ2v) is 34.0. The molecule has 0 saturated carbocycles. The molecule has 2 aromatic heterocycles. The van der Waals surface area contributed by atoms with Crippen LogP contribution in [-0.2, 0) is 68.0 Å². The van der Waals surface area contributed by atoms with Crippen LogP contribution in [0, 0.1) is 5.92 Å². The molecule has 11 rings (SSSR count). The SMILES string of the molecule is CC(CCN1/C(=C/C=C2\CCCC(/C=C/C3=[N+](CCC(C)S(=O)(=O)O)c4ccc5ccccc5c4C3(C)C)=C2Oc2ccc(CCC(=O)CCCCC[C@H](CC(=O)CC[C@H](NC(=O)c3ccc(N(Cc4cnc5nc(N)[nH]c(=O)c5n4)C(=O)C(F)(F)F)cc3)C(=O)O)C(=O)O)cc2)C(C)(C)c2c1ccc1ccccc21)S(=O)(=O)O. The maximum Gasteiger partial charge on any atom is 0.471 e. The van der Waals surface area contributed by atoms with Gasteiger partial charge in [0.2, 0.25) is 11.6 Å². The lowest BCUT2D eigenvalue weighted by Gasteiger charge is -2.28. The smallest absolute Gasteiger partial charge is 0.471 e. The largest absolute Gasteiger partial charge is 0.481 e. The molecule has 8 N–H and O–H groups in total. The van der Waals surface area contributed by atoms with Crippen LogP contribution in [0.25, 0.3) is 32.7 Å². The highest BCUT2D eigenvalue weighted by atomic mass is 32.2. The number of ether oxygens (including phenoxy) is 1. The molecule has 25 nitrogen and oxygen atoms in total. The Morgan fingerprint density at radius 2 is 1.39 bits per heavy atom. The van der Waals surface area contributed by atoms with E-state index in [0.29, 0.717) is 63.1 Å². The van der Waals surface area contributed by atoms with E-state index in [4.69, 9.17) is 10.5 Å². The molecule has 0 fully saturated rings. The fraction of sp³-hybridized carbons (Fsp3) is 0.369. The second kappa shape index (κ2) is 34.7. The highest BCUT2D eigenvalue weighted by Gasteiger charge is 2.47. The molecule has 2 aliphatic heterocycles. The number of benzene rings is 6. The number of allylic oxidation sites excluding steroid dienone is 7. The molecule has 0 spiro atoms. The number of hydrogen-bond donors (Lipinski definition) is 7. The van der Waals surface area contributed by atoms with Crippen molar-refractivity contribution in [3.63, 3.8) is 0 Å². The minimum Gasteiger partial charge on any atom is -0.481 e. The van der Waals surface area contributed by atoms with Crippen molar-refractivity contribution in [3.8, 4) is 5.75 Å². The normalized spacial score (nSPS) is 16.7. The summed E-state index contributed by atoms with van der Waals surface area (Å²) in [5.74, 6) is -6.94. The van der Waals surface area contributed by atoms with Crippen molar-refractivity contribution in [1.82, 2.24) is 25.3 Å². The number of H-pyrrole nitrogens is 1. The number of rotatable bonds is 34. The molecular formula is C84H91F3N9O16S2+. The van der Waals surface area contributed by atoms with Gasteiger partial charge in [0.15, 0.2) is 23.4 Å². The van der Waals surface area contributed by atoms with Crippen LogP contribution in [0.1, 0.15) is 164 Å². The highest BCUT2D eigenvalue weighted by Crippen LogP contribution is 2.52. The van der Waals surface area contributed by atoms with Crippen LogP contribution >= 0.6 is 0 Å². The Balaban J connectivity index is 0.732. The third-order valence-electron chi connectivity index (χ3n) is 21.6. The van der Waals surface area contributed by atoms with E-state index in [1.54, 1.807) is 0 Å². The fourth-order valence-electron chi connectivity index (χ4n) is 15.3. The van der Waals surface area contributed by atoms with Crippen LogP contribution < -0.4 is 31.1 Å². The van der Waals surface area contributed by atoms with Crippen molar-refractivity contribution in [1.29, 1.82) is 0 Å².